The first-order chi connectivity index (χ1) is 10.4. The molecule has 0 bridgehead atoms. The molecular formula is C16H11Br2NO3. The van der Waals surface area contributed by atoms with Gasteiger partial charge in [-0.3, -0.25) is 4.79 Å². The number of benzene rings is 2. The zero-order chi connectivity index (χ0) is 16.0. The molecule has 1 heterocycles. The highest BCUT2D eigenvalue weighted by molar-refractivity contribution is 9.11. The molecule has 2 aromatic carbocycles. The van der Waals surface area contributed by atoms with E-state index in [1.807, 2.05) is 13.0 Å². The van der Waals surface area contributed by atoms with Crippen molar-refractivity contribution in [3.63, 3.8) is 0 Å². The number of halogens is 2. The van der Waals surface area contributed by atoms with E-state index in [1.165, 1.54) is 6.07 Å². The van der Waals surface area contributed by atoms with Crippen molar-refractivity contribution in [3.8, 4) is 11.5 Å². The molecule has 2 aromatic rings. The highest BCUT2D eigenvalue weighted by atomic mass is 79.9. The fraction of sp³-hybridized carbons (Fsp3) is 0.0625. The van der Waals surface area contributed by atoms with E-state index >= 15 is 0 Å². The second kappa shape index (κ2) is 5.44. The molecule has 3 rings (SSSR count). The molecule has 0 aromatic heterocycles. The first kappa shape index (κ1) is 15.1. The maximum absolute atomic E-state index is 12.3. The van der Waals surface area contributed by atoms with Crippen molar-refractivity contribution in [2.75, 3.05) is 5.32 Å². The van der Waals surface area contributed by atoms with Crippen LogP contribution in [0.4, 0.5) is 5.69 Å². The van der Waals surface area contributed by atoms with Crippen LogP contribution in [-0.2, 0) is 4.79 Å². The van der Waals surface area contributed by atoms with Crippen molar-refractivity contribution in [2.45, 2.75) is 6.92 Å². The topological polar surface area (TPSA) is 69.6 Å². The Labute approximate surface area is 143 Å². The van der Waals surface area contributed by atoms with Gasteiger partial charge in [0.15, 0.2) is 11.5 Å². The fourth-order valence-electron chi connectivity index (χ4n) is 2.43. The van der Waals surface area contributed by atoms with Crippen molar-refractivity contribution in [3.05, 3.63) is 49.9 Å². The summed E-state index contributed by atoms with van der Waals surface area (Å²) in [4.78, 5) is 12.3. The van der Waals surface area contributed by atoms with Crippen LogP contribution in [0.25, 0.3) is 11.6 Å². The Hall–Kier alpha value is -1.79. The number of fused-ring (bicyclic) bond motifs is 1. The van der Waals surface area contributed by atoms with E-state index in [-0.39, 0.29) is 17.4 Å². The highest BCUT2D eigenvalue weighted by Gasteiger charge is 2.29. The van der Waals surface area contributed by atoms with E-state index in [0.717, 1.165) is 20.1 Å². The first-order valence-corrected chi connectivity index (χ1v) is 8.01. The number of phenolic OH excluding ortho intramolecular Hbond substituents is 2. The van der Waals surface area contributed by atoms with Gasteiger partial charge in [0, 0.05) is 20.1 Å². The number of nitrogens with one attached hydrogen (secondary N) is 1. The minimum absolute atomic E-state index is 0.222. The predicted molar refractivity (Wildman–Crippen MR) is 92.9 cm³/mol. The number of hydrogen-bond acceptors (Lipinski definition) is 3. The number of amides is 1. The van der Waals surface area contributed by atoms with Gasteiger partial charge < -0.3 is 15.5 Å². The molecule has 112 valence electrons. The van der Waals surface area contributed by atoms with Gasteiger partial charge in [0.2, 0.25) is 0 Å². The second-order valence-electron chi connectivity index (χ2n) is 4.94. The third-order valence-corrected chi connectivity index (χ3v) is 5.02. The van der Waals surface area contributed by atoms with E-state index in [9.17, 15) is 15.0 Å². The summed E-state index contributed by atoms with van der Waals surface area (Å²) in [6, 6.07) is 6.51. The Bertz CT molecular complexity index is 844. The zero-order valence-corrected chi connectivity index (χ0v) is 14.6. The van der Waals surface area contributed by atoms with Crippen LogP contribution < -0.4 is 5.32 Å². The number of anilines is 1. The van der Waals surface area contributed by atoms with Gasteiger partial charge in [-0.1, -0.05) is 28.1 Å². The van der Waals surface area contributed by atoms with Gasteiger partial charge in [-0.05, 0) is 46.6 Å². The summed E-state index contributed by atoms with van der Waals surface area (Å²) >= 11 is 6.91. The molecule has 0 spiro atoms. The maximum atomic E-state index is 12.3. The number of carbonyl (C=O) groups is 1. The minimum Gasteiger partial charge on any atom is -0.504 e. The Balaban J connectivity index is 2.25. The monoisotopic (exact) mass is 423 g/mol. The third-order valence-electron chi connectivity index (χ3n) is 3.57. The Morgan fingerprint density at radius 1 is 1.18 bits per heavy atom. The molecule has 0 saturated heterocycles. The van der Waals surface area contributed by atoms with Crippen molar-refractivity contribution in [1.82, 2.24) is 0 Å². The third kappa shape index (κ3) is 2.32. The van der Waals surface area contributed by atoms with Crippen LogP contribution in [0.1, 0.15) is 16.7 Å². The Morgan fingerprint density at radius 3 is 2.64 bits per heavy atom. The summed E-state index contributed by atoms with van der Waals surface area (Å²) in [5, 5.41) is 22.3. The van der Waals surface area contributed by atoms with Crippen molar-refractivity contribution in [1.29, 1.82) is 0 Å². The molecule has 6 heteroatoms. The lowest BCUT2D eigenvalue weighted by Crippen LogP contribution is -2.03. The molecule has 0 saturated carbocycles. The average molecular weight is 425 g/mol. The first-order valence-electron chi connectivity index (χ1n) is 6.43. The zero-order valence-electron chi connectivity index (χ0n) is 11.4. The van der Waals surface area contributed by atoms with Crippen LogP contribution in [0.2, 0.25) is 0 Å². The quantitative estimate of drug-likeness (QED) is 0.468. The molecule has 4 nitrogen and oxygen atoms in total. The molecule has 3 N–H and O–H groups in total. The van der Waals surface area contributed by atoms with Gasteiger partial charge in [0.25, 0.3) is 5.91 Å². The van der Waals surface area contributed by atoms with Crippen molar-refractivity contribution >= 4 is 55.1 Å². The number of carbonyl (C=O) groups excluding carboxylic acids is 1. The largest absolute Gasteiger partial charge is 0.504 e. The number of hydrogen-bond donors (Lipinski definition) is 3. The molecule has 22 heavy (non-hydrogen) atoms. The van der Waals surface area contributed by atoms with Gasteiger partial charge in [0.05, 0.1) is 11.3 Å². The number of para-hydroxylation sites is 1. The average Bonchev–Trinajstić information content (AvgIpc) is 2.79. The smallest absolute Gasteiger partial charge is 0.256 e. The number of aromatic hydroxyl groups is 2. The summed E-state index contributed by atoms with van der Waals surface area (Å²) in [5.41, 5.74) is 3.22. The SMILES string of the molecule is Cc1c(Br)cc(Br)c2c1C(=Cc1cccc(O)c1O)C(=O)N2. The Morgan fingerprint density at radius 2 is 1.91 bits per heavy atom. The molecule has 0 unspecified atom stereocenters. The van der Waals surface area contributed by atoms with Crippen LogP contribution in [-0.4, -0.2) is 16.1 Å². The van der Waals surface area contributed by atoms with Crippen LogP contribution >= 0.6 is 31.9 Å². The van der Waals surface area contributed by atoms with E-state index < -0.39 is 0 Å². The van der Waals surface area contributed by atoms with Gasteiger partial charge in [0.1, 0.15) is 0 Å². The number of phenols is 2. The molecule has 1 aliphatic rings. The van der Waals surface area contributed by atoms with Crippen molar-refractivity contribution < 1.29 is 15.0 Å². The van der Waals surface area contributed by atoms with Gasteiger partial charge in [-0.15, -0.1) is 0 Å². The van der Waals surface area contributed by atoms with Gasteiger partial charge in [-0.25, -0.2) is 0 Å². The lowest BCUT2D eigenvalue weighted by Gasteiger charge is -2.09. The lowest BCUT2D eigenvalue weighted by molar-refractivity contribution is -0.110. The van der Waals surface area contributed by atoms with Crippen LogP contribution in [0.5, 0.6) is 11.5 Å². The molecule has 0 fully saturated rings. The predicted octanol–water partition coefficient (Wildman–Crippen LogP) is 4.42. The highest BCUT2D eigenvalue weighted by Crippen LogP contribution is 2.44. The van der Waals surface area contributed by atoms with E-state index in [2.05, 4.69) is 37.2 Å². The Kier molecular flexibility index (Phi) is 3.74. The van der Waals surface area contributed by atoms with Crippen LogP contribution in [0.3, 0.4) is 0 Å². The van der Waals surface area contributed by atoms with E-state index in [4.69, 9.17) is 0 Å². The summed E-state index contributed by atoms with van der Waals surface area (Å²) in [6.07, 6.45) is 1.57. The van der Waals surface area contributed by atoms with Crippen LogP contribution in [0, 0.1) is 6.92 Å². The molecule has 0 atom stereocenters. The van der Waals surface area contributed by atoms with Crippen LogP contribution in [0.15, 0.2) is 33.2 Å². The molecule has 0 radical (unpaired) electrons. The molecule has 1 amide bonds. The second-order valence-corrected chi connectivity index (χ2v) is 6.65. The van der Waals surface area contributed by atoms with Gasteiger partial charge >= 0.3 is 0 Å². The van der Waals surface area contributed by atoms with E-state index in [1.54, 1.807) is 18.2 Å². The molecule has 0 aliphatic carbocycles. The standard InChI is InChI=1S/C16H11Br2NO3/c1-7-10(17)6-11(18)14-13(7)9(16(22)19-14)5-8-3-2-4-12(20)15(8)21/h2-6,20-21H,1H3,(H,19,22). The minimum atomic E-state index is -0.250. The summed E-state index contributed by atoms with van der Waals surface area (Å²) in [7, 11) is 0. The fourth-order valence-corrected chi connectivity index (χ4v) is 3.69. The lowest BCUT2D eigenvalue weighted by atomic mass is 9.99. The van der Waals surface area contributed by atoms with Gasteiger partial charge in [-0.2, -0.15) is 0 Å². The number of rotatable bonds is 1. The van der Waals surface area contributed by atoms with Crippen molar-refractivity contribution in [2.24, 2.45) is 0 Å². The summed E-state index contributed by atoms with van der Waals surface area (Å²) in [6.45, 7) is 1.91. The normalized spacial score (nSPS) is 15.0. The molecular weight excluding hydrogens is 414 g/mol. The molecule has 1 aliphatic heterocycles. The van der Waals surface area contributed by atoms with E-state index in [0.29, 0.717) is 16.8 Å². The summed E-state index contributed by atoms with van der Waals surface area (Å²) < 4.78 is 1.65. The maximum Gasteiger partial charge on any atom is 0.256 e. The summed E-state index contributed by atoms with van der Waals surface area (Å²) in [5.74, 6) is -0.720.